The first-order valence-electron chi connectivity index (χ1n) is 8.41. The summed E-state index contributed by atoms with van der Waals surface area (Å²) in [6.07, 6.45) is 2.59. The van der Waals surface area contributed by atoms with Gasteiger partial charge in [-0.3, -0.25) is 4.90 Å². The summed E-state index contributed by atoms with van der Waals surface area (Å²) in [6.45, 7) is 15.6. The Bertz CT molecular complexity index is 439. The van der Waals surface area contributed by atoms with Gasteiger partial charge in [-0.25, -0.2) is 9.59 Å². The third-order valence-electron chi connectivity index (χ3n) is 4.11. The fourth-order valence-electron chi connectivity index (χ4n) is 3.17. The fourth-order valence-corrected chi connectivity index (χ4v) is 3.17. The second-order valence-corrected chi connectivity index (χ2v) is 7.39. The Kier molecular flexibility index (Phi) is 6.66. The number of esters is 1. The summed E-state index contributed by atoms with van der Waals surface area (Å²) < 4.78 is 10.7. The Morgan fingerprint density at radius 1 is 1.35 bits per heavy atom. The molecule has 0 aromatic carbocycles. The molecule has 1 heterocycles. The van der Waals surface area contributed by atoms with Gasteiger partial charge in [0, 0.05) is 6.04 Å². The minimum atomic E-state index is -0.606. The monoisotopic (exact) mass is 325 g/mol. The third kappa shape index (κ3) is 4.98. The molecule has 2 unspecified atom stereocenters. The van der Waals surface area contributed by atoms with E-state index in [0.29, 0.717) is 25.4 Å². The van der Waals surface area contributed by atoms with Crippen LogP contribution in [0.5, 0.6) is 0 Å². The second kappa shape index (κ2) is 7.84. The van der Waals surface area contributed by atoms with Gasteiger partial charge in [0.25, 0.3) is 0 Å². The van der Waals surface area contributed by atoms with E-state index in [9.17, 15) is 9.59 Å². The zero-order valence-corrected chi connectivity index (χ0v) is 15.3. The summed E-state index contributed by atoms with van der Waals surface area (Å²) in [7, 11) is 0. The van der Waals surface area contributed by atoms with Crippen LogP contribution < -0.4 is 0 Å². The van der Waals surface area contributed by atoms with Crippen molar-refractivity contribution in [3.63, 3.8) is 0 Å². The van der Waals surface area contributed by atoms with E-state index in [1.54, 1.807) is 17.9 Å². The van der Waals surface area contributed by atoms with Crippen molar-refractivity contribution in [3.05, 3.63) is 12.7 Å². The van der Waals surface area contributed by atoms with Crippen molar-refractivity contribution < 1.29 is 19.1 Å². The van der Waals surface area contributed by atoms with Crippen molar-refractivity contribution in [2.45, 2.75) is 72.1 Å². The van der Waals surface area contributed by atoms with Crippen LogP contribution in [0.2, 0.25) is 0 Å². The number of amides is 1. The van der Waals surface area contributed by atoms with Crippen molar-refractivity contribution >= 4 is 12.1 Å². The van der Waals surface area contributed by atoms with Crippen LogP contribution in [-0.4, -0.2) is 41.3 Å². The van der Waals surface area contributed by atoms with E-state index in [4.69, 9.17) is 9.47 Å². The lowest BCUT2D eigenvalue weighted by atomic mass is 9.86. The number of hydrogen-bond acceptors (Lipinski definition) is 4. The van der Waals surface area contributed by atoms with Gasteiger partial charge >= 0.3 is 12.1 Å². The molecule has 0 aliphatic carbocycles. The lowest BCUT2D eigenvalue weighted by molar-refractivity contribution is -0.148. The molecule has 0 bridgehead atoms. The molecule has 0 aromatic rings. The topological polar surface area (TPSA) is 55.8 Å². The van der Waals surface area contributed by atoms with Gasteiger partial charge in [0.2, 0.25) is 0 Å². The summed E-state index contributed by atoms with van der Waals surface area (Å²) in [4.78, 5) is 26.6. The lowest BCUT2D eigenvalue weighted by Crippen LogP contribution is -2.48. The first-order chi connectivity index (χ1) is 10.6. The first kappa shape index (κ1) is 19.5. The average Bonchev–Trinajstić information content (AvgIpc) is 2.77. The van der Waals surface area contributed by atoms with Gasteiger partial charge in [-0.1, -0.05) is 19.9 Å². The van der Waals surface area contributed by atoms with Crippen LogP contribution in [0.25, 0.3) is 0 Å². The van der Waals surface area contributed by atoms with E-state index in [0.717, 1.165) is 0 Å². The molecule has 0 radical (unpaired) electrons. The van der Waals surface area contributed by atoms with E-state index in [1.165, 1.54) is 0 Å². The standard InChI is InChI=1S/C18H31NO4/c1-8-10-14-13(12(3)4)11-15(16(20)22-9-2)19(14)17(21)23-18(5,6)7/h8,12-15H,1,9-11H2,2-7H3/t13?,14?,15-/m1/s1. The van der Waals surface area contributed by atoms with Crippen LogP contribution in [0.15, 0.2) is 12.7 Å². The molecule has 1 aliphatic rings. The number of carbonyl (C=O) groups is 2. The van der Waals surface area contributed by atoms with Gasteiger partial charge in [0.05, 0.1) is 6.61 Å². The molecule has 5 heteroatoms. The number of nitrogens with zero attached hydrogens (tertiary/aromatic N) is 1. The molecular formula is C18H31NO4. The van der Waals surface area contributed by atoms with Crippen molar-refractivity contribution in [1.82, 2.24) is 4.90 Å². The molecule has 1 fully saturated rings. The van der Waals surface area contributed by atoms with Gasteiger partial charge in [-0.05, 0) is 52.4 Å². The normalized spacial score (nSPS) is 24.7. The van der Waals surface area contributed by atoms with Crippen molar-refractivity contribution in [3.8, 4) is 0 Å². The SMILES string of the molecule is C=CCC1C(C(C)C)C[C@H](C(=O)OCC)N1C(=O)OC(C)(C)C. The average molecular weight is 325 g/mol. The molecule has 1 saturated heterocycles. The van der Waals surface area contributed by atoms with Gasteiger partial charge in [0.15, 0.2) is 0 Å². The van der Waals surface area contributed by atoms with Gasteiger partial charge in [-0.15, -0.1) is 6.58 Å². The maximum Gasteiger partial charge on any atom is 0.411 e. The molecule has 0 saturated carbocycles. The summed E-state index contributed by atoms with van der Waals surface area (Å²) in [5, 5.41) is 0. The van der Waals surface area contributed by atoms with Crippen LogP contribution in [0.3, 0.4) is 0 Å². The van der Waals surface area contributed by atoms with Gasteiger partial charge < -0.3 is 9.47 Å². The molecule has 132 valence electrons. The van der Waals surface area contributed by atoms with E-state index >= 15 is 0 Å². The van der Waals surface area contributed by atoms with Crippen LogP contribution >= 0.6 is 0 Å². The van der Waals surface area contributed by atoms with Crippen LogP contribution in [0.4, 0.5) is 4.79 Å². The Morgan fingerprint density at radius 3 is 2.39 bits per heavy atom. The highest BCUT2D eigenvalue weighted by atomic mass is 16.6. The second-order valence-electron chi connectivity index (χ2n) is 7.39. The predicted octanol–water partition coefficient (Wildman–Crippen LogP) is 3.78. The molecule has 0 N–H and O–H groups in total. The summed E-state index contributed by atoms with van der Waals surface area (Å²) in [6, 6.07) is -0.668. The Labute approximate surface area is 140 Å². The quantitative estimate of drug-likeness (QED) is 0.570. The molecule has 3 atom stereocenters. The predicted molar refractivity (Wildman–Crippen MR) is 90.0 cm³/mol. The number of rotatable bonds is 5. The Hall–Kier alpha value is -1.52. The third-order valence-corrected chi connectivity index (χ3v) is 4.11. The molecule has 1 aliphatic heterocycles. The van der Waals surface area contributed by atoms with E-state index in [1.807, 2.05) is 20.8 Å². The number of carbonyl (C=O) groups excluding carboxylic acids is 2. The van der Waals surface area contributed by atoms with Gasteiger partial charge in [-0.2, -0.15) is 0 Å². The van der Waals surface area contributed by atoms with Crippen LogP contribution in [-0.2, 0) is 14.3 Å². The Morgan fingerprint density at radius 2 is 1.96 bits per heavy atom. The van der Waals surface area contributed by atoms with E-state index in [2.05, 4.69) is 20.4 Å². The molecule has 5 nitrogen and oxygen atoms in total. The maximum absolute atomic E-state index is 12.7. The number of likely N-dealkylation sites (tertiary alicyclic amines) is 1. The lowest BCUT2D eigenvalue weighted by Gasteiger charge is -2.33. The van der Waals surface area contributed by atoms with Crippen molar-refractivity contribution in [2.75, 3.05) is 6.61 Å². The molecular weight excluding hydrogens is 294 g/mol. The number of ether oxygens (including phenoxy) is 2. The van der Waals surface area contributed by atoms with Gasteiger partial charge in [0.1, 0.15) is 11.6 Å². The summed E-state index contributed by atoms with van der Waals surface area (Å²) in [5.74, 6) is 0.217. The molecule has 23 heavy (non-hydrogen) atoms. The molecule has 0 spiro atoms. The largest absolute Gasteiger partial charge is 0.464 e. The Balaban J connectivity index is 3.13. The van der Waals surface area contributed by atoms with Crippen molar-refractivity contribution in [2.24, 2.45) is 11.8 Å². The zero-order valence-electron chi connectivity index (χ0n) is 15.3. The molecule has 1 amide bonds. The molecule has 1 rings (SSSR count). The highest BCUT2D eigenvalue weighted by Gasteiger charge is 2.49. The van der Waals surface area contributed by atoms with E-state index < -0.39 is 17.7 Å². The van der Waals surface area contributed by atoms with Crippen LogP contribution in [0.1, 0.15) is 54.4 Å². The summed E-state index contributed by atoms with van der Waals surface area (Å²) >= 11 is 0. The highest BCUT2D eigenvalue weighted by molar-refractivity contribution is 5.82. The summed E-state index contributed by atoms with van der Waals surface area (Å²) in [5.41, 5.74) is -0.606. The van der Waals surface area contributed by atoms with Crippen molar-refractivity contribution in [1.29, 1.82) is 0 Å². The van der Waals surface area contributed by atoms with E-state index in [-0.39, 0.29) is 17.9 Å². The van der Waals surface area contributed by atoms with Crippen LogP contribution in [0, 0.1) is 11.8 Å². The highest BCUT2D eigenvalue weighted by Crippen LogP contribution is 2.38. The first-order valence-corrected chi connectivity index (χ1v) is 8.41. The number of hydrogen-bond donors (Lipinski definition) is 0. The fraction of sp³-hybridized carbons (Fsp3) is 0.778. The minimum Gasteiger partial charge on any atom is -0.464 e. The minimum absolute atomic E-state index is 0.0863. The molecule has 0 aromatic heterocycles. The zero-order chi connectivity index (χ0) is 17.8. The smallest absolute Gasteiger partial charge is 0.411 e. The maximum atomic E-state index is 12.7.